The van der Waals surface area contributed by atoms with Crippen LogP contribution in [0.5, 0.6) is 0 Å². The molecule has 19 heavy (non-hydrogen) atoms. The van der Waals surface area contributed by atoms with Crippen LogP contribution in [0, 0.1) is 0 Å². The van der Waals surface area contributed by atoms with Crippen LogP contribution in [0.3, 0.4) is 0 Å². The van der Waals surface area contributed by atoms with Crippen LogP contribution in [0.4, 0.5) is 0 Å². The molecule has 2 rings (SSSR count). The minimum Gasteiger partial charge on any atom is -0.457 e. The van der Waals surface area contributed by atoms with Gasteiger partial charge in [-0.15, -0.1) is 0 Å². The molecule has 1 saturated heterocycles. The van der Waals surface area contributed by atoms with E-state index in [4.69, 9.17) is 19.3 Å². The second kappa shape index (κ2) is 6.63. The van der Waals surface area contributed by atoms with E-state index in [-0.39, 0.29) is 13.2 Å². The molecule has 3 atom stereocenters. The number of aliphatic hydroxyl groups excluding tert-OH is 2. The van der Waals surface area contributed by atoms with Crippen LogP contribution in [-0.2, 0) is 14.2 Å². The maximum atomic E-state index is 11.7. The fraction of sp³-hybridized carbons (Fsp3) is 0.462. The Labute approximate surface area is 110 Å². The van der Waals surface area contributed by atoms with E-state index in [1.54, 1.807) is 30.3 Å². The normalized spacial score (nSPS) is 24.1. The Hall–Kier alpha value is -1.47. The summed E-state index contributed by atoms with van der Waals surface area (Å²) in [5, 5.41) is 18.1. The summed E-state index contributed by atoms with van der Waals surface area (Å²) in [4.78, 5) is 11.7. The zero-order valence-electron chi connectivity index (χ0n) is 10.3. The third kappa shape index (κ3) is 3.74. The highest BCUT2D eigenvalue weighted by Crippen LogP contribution is 2.15. The summed E-state index contributed by atoms with van der Waals surface area (Å²) in [5.74, 6) is -0.459. The van der Waals surface area contributed by atoms with E-state index in [9.17, 15) is 9.90 Å². The topological polar surface area (TPSA) is 85.2 Å². The molecule has 6 heteroatoms. The molecule has 6 nitrogen and oxygen atoms in total. The lowest BCUT2D eigenvalue weighted by molar-refractivity contribution is -0.112. The molecule has 104 valence electrons. The standard InChI is InChI=1S/C13H16O6/c14-6-10(15)11-7-17-12(19-11)8-18-13(16)9-4-2-1-3-5-9/h1-5,10-12,14-15H,6-8H2. The van der Waals surface area contributed by atoms with E-state index < -0.39 is 31.1 Å². The molecule has 1 fully saturated rings. The van der Waals surface area contributed by atoms with Gasteiger partial charge in [0.1, 0.15) is 18.8 Å². The van der Waals surface area contributed by atoms with Crippen molar-refractivity contribution < 1.29 is 29.2 Å². The van der Waals surface area contributed by atoms with Crippen molar-refractivity contribution in [3.05, 3.63) is 35.9 Å². The number of benzene rings is 1. The number of hydrogen-bond acceptors (Lipinski definition) is 6. The zero-order chi connectivity index (χ0) is 13.7. The molecule has 1 aromatic carbocycles. The summed E-state index contributed by atoms with van der Waals surface area (Å²) in [5.41, 5.74) is 0.451. The molecule has 0 radical (unpaired) electrons. The first kappa shape index (κ1) is 14.0. The lowest BCUT2D eigenvalue weighted by Gasteiger charge is -2.14. The number of carbonyl (C=O) groups excluding carboxylic acids is 1. The Kier molecular flexibility index (Phi) is 4.86. The van der Waals surface area contributed by atoms with Crippen LogP contribution in [0.15, 0.2) is 30.3 Å². The minimum absolute atomic E-state index is 0.0532. The minimum atomic E-state index is -0.991. The Morgan fingerprint density at radius 2 is 2.16 bits per heavy atom. The molecule has 0 spiro atoms. The van der Waals surface area contributed by atoms with Gasteiger partial charge >= 0.3 is 5.97 Å². The highest BCUT2D eigenvalue weighted by Gasteiger charge is 2.31. The first-order valence-corrected chi connectivity index (χ1v) is 5.99. The summed E-state index contributed by atoms with van der Waals surface area (Å²) in [6.07, 6.45) is -2.29. The smallest absolute Gasteiger partial charge is 0.338 e. The quantitative estimate of drug-likeness (QED) is 0.728. The van der Waals surface area contributed by atoms with Crippen LogP contribution in [0.2, 0.25) is 0 Å². The molecule has 2 N–H and O–H groups in total. The molecule has 0 amide bonds. The van der Waals surface area contributed by atoms with Crippen molar-refractivity contribution in [2.45, 2.75) is 18.5 Å². The molecule has 0 saturated carbocycles. The lowest BCUT2D eigenvalue weighted by Crippen LogP contribution is -2.32. The Morgan fingerprint density at radius 3 is 2.84 bits per heavy atom. The van der Waals surface area contributed by atoms with Crippen LogP contribution in [-0.4, -0.2) is 54.5 Å². The first-order chi connectivity index (χ1) is 9.20. The van der Waals surface area contributed by atoms with E-state index >= 15 is 0 Å². The highest BCUT2D eigenvalue weighted by molar-refractivity contribution is 5.89. The Balaban J connectivity index is 1.76. The van der Waals surface area contributed by atoms with Crippen LogP contribution in [0.25, 0.3) is 0 Å². The van der Waals surface area contributed by atoms with Crippen LogP contribution in [0.1, 0.15) is 10.4 Å². The van der Waals surface area contributed by atoms with Gasteiger partial charge in [-0.25, -0.2) is 4.79 Å². The number of ether oxygens (including phenoxy) is 3. The second-order valence-corrected chi connectivity index (χ2v) is 4.15. The molecule has 3 unspecified atom stereocenters. The van der Waals surface area contributed by atoms with Gasteiger partial charge in [0, 0.05) is 0 Å². The van der Waals surface area contributed by atoms with Crippen molar-refractivity contribution in [2.75, 3.05) is 19.8 Å². The Morgan fingerprint density at radius 1 is 1.42 bits per heavy atom. The number of hydrogen-bond donors (Lipinski definition) is 2. The average Bonchev–Trinajstić information content (AvgIpc) is 2.93. The van der Waals surface area contributed by atoms with E-state index in [0.717, 1.165) is 0 Å². The number of aliphatic hydroxyl groups is 2. The largest absolute Gasteiger partial charge is 0.457 e. The molecule has 0 aromatic heterocycles. The first-order valence-electron chi connectivity index (χ1n) is 5.99. The van der Waals surface area contributed by atoms with Crippen molar-refractivity contribution in [1.82, 2.24) is 0 Å². The molecule has 1 heterocycles. The molecule has 1 aromatic rings. The summed E-state index contributed by atoms with van der Waals surface area (Å²) in [6.45, 7) is -0.289. The fourth-order valence-corrected chi connectivity index (χ4v) is 1.68. The molecule has 0 bridgehead atoms. The number of carbonyl (C=O) groups is 1. The summed E-state index contributed by atoms with van der Waals surface area (Å²) >= 11 is 0. The molecular formula is C13H16O6. The van der Waals surface area contributed by atoms with Crippen molar-refractivity contribution in [2.24, 2.45) is 0 Å². The van der Waals surface area contributed by atoms with E-state index in [1.807, 2.05) is 0 Å². The van der Waals surface area contributed by atoms with E-state index in [1.165, 1.54) is 0 Å². The molecule has 0 aliphatic carbocycles. The van der Waals surface area contributed by atoms with Gasteiger partial charge in [0.15, 0.2) is 6.29 Å². The lowest BCUT2D eigenvalue weighted by atomic mass is 10.2. The zero-order valence-corrected chi connectivity index (χ0v) is 10.3. The summed E-state index contributed by atoms with van der Waals surface area (Å²) in [6, 6.07) is 8.59. The van der Waals surface area contributed by atoms with Gasteiger partial charge in [0.05, 0.1) is 18.8 Å². The van der Waals surface area contributed by atoms with Crippen molar-refractivity contribution in [1.29, 1.82) is 0 Å². The van der Waals surface area contributed by atoms with E-state index in [0.29, 0.717) is 5.56 Å². The van der Waals surface area contributed by atoms with Gasteiger partial charge in [-0.2, -0.15) is 0 Å². The summed E-state index contributed by atoms with van der Waals surface area (Å²) < 4.78 is 15.5. The maximum absolute atomic E-state index is 11.7. The maximum Gasteiger partial charge on any atom is 0.338 e. The van der Waals surface area contributed by atoms with Gasteiger partial charge in [0.25, 0.3) is 0 Å². The van der Waals surface area contributed by atoms with Gasteiger partial charge < -0.3 is 24.4 Å². The van der Waals surface area contributed by atoms with Gasteiger partial charge in [-0.3, -0.25) is 0 Å². The van der Waals surface area contributed by atoms with Gasteiger partial charge in [-0.05, 0) is 12.1 Å². The number of rotatable bonds is 5. The van der Waals surface area contributed by atoms with Crippen molar-refractivity contribution in [3.63, 3.8) is 0 Å². The summed E-state index contributed by atoms with van der Waals surface area (Å²) in [7, 11) is 0. The van der Waals surface area contributed by atoms with Gasteiger partial charge in [-0.1, -0.05) is 18.2 Å². The third-order valence-electron chi connectivity index (χ3n) is 2.75. The third-order valence-corrected chi connectivity index (χ3v) is 2.75. The average molecular weight is 268 g/mol. The fourth-order valence-electron chi connectivity index (χ4n) is 1.68. The predicted molar refractivity (Wildman–Crippen MR) is 64.4 cm³/mol. The van der Waals surface area contributed by atoms with Gasteiger partial charge in [0.2, 0.25) is 0 Å². The van der Waals surface area contributed by atoms with Crippen LogP contribution < -0.4 is 0 Å². The second-order valence-electron chi connectivity index (χ2n) is 4.15. The molecule has 1 aliphatic heterocycles. The molecular weight excluding hydrogens is 252 g/mol. The Bertz CT molecular complexity index is 407. The van der Waals surface area contributed by atoms with Crippen molar-refractivity contribution >= 4 is 5.97 Å². The predicted octanol–water partition coefficient (Wildman–Crippen LogP) is -0.0619. The van der Waals surface area contributed by atoms with Crippen molar-refractivity contribution in [3.8, 4) is 0 Å². The molecule has 1 aliphatic rings. The SMILES string of the molecule is O=C(OCC1OCC(C(O)CO)O1)c1ccccc1. The monoisotopic (exact) mass is 268 g/mol. The van der Waals surface area contributed by atoms with E-state index in [2.05, 4.69) is 0 Å². The highest BCUT2D eigenvalue weighted by atomic mass is 16.7. The van der Waals surface area contributed by atoms with Crippen LogP contribution >= 0.6 is 0 Å². The number of esters is 1.